The SMILES string of the molecule is O=C(Nc1cccc2c1C(=O)NC2=O)c1cc(Cl)ccc1[N+](=O)[O-]. The van der Waals surface area contributed by atoms with Crippen LogP contribution in [-0.4, -0.2) is 22.6 Å². The van der Waals surface area contributed by atoms with Crippen molar-refractivity contribution in [1.82, 2.24) is 5.32 Å². The van der Waals surface area contributed by atoms with E-state index in [1.165, 1.54) is 24.3 Å². The topological polar surface area (TPSA) is 118 Å². The molecule has 0 fully saturated rings. The van der Waals surface area contributed by atoms with Crippen molar-refractivity contribution in [3.8, 4) is 0 Å². The molecule has 24 heavy (non-hydrogen) atoms. The summed E-state index contributed by atoms with van der Waals surface area (Å²) in [6, 6.07) is 7.91. The first-order valence-electron chi connectivity index (χ1n) is 6.62. The van der Waals surface area contributed by atoms with Crippen LogP contribution in [0.1, 0.15) is 31.1 Å². The van der Waals surface area contributed by atoms with E-state index >= 15 is 0 Å². The lowest BCUT2D eigenvalue weighted by atomic mass is 10.1. The van der Waals surface area contributed by atoms with Gasteiger partial charge in [-0.1, -0.05) is 17.7 Å². The van der Waals surface area contributed by atoms with Crippen molar-refractivity contribution in [3.05, 3.63) is 68.2 Å². The third-order valence-corrected chi connectivity index (χ3v) is 3.65. The Morgan fingerprint density at radius 2 is 1.92 bits per heavy atom. The van der Waals surface area contributed by atoms with Crippen LogP contribution in [0.4, 0.5) is 11.4 Å². The number of nitrogens with one attached hydrogen (secondary N) is 2. The van der Waals surface area contributed by atoms with Crippen molar-refractivity contribution in [3.63, 3.8) is 0 Å². The lowest BCUT2D eigenvalue weighted by Crippen LogP contribution is -2.21. The zero-order chi connectivity index (χ0) is 17.4. The van der Waals surface area contributed by atoms with E-state index in [0.717, 1.165) is 12.1 Å². The van der Waals surface area contributed by atoms with Crippen LogP contribution in [0.25, 0.3) is 0 Å². The highest BCUT2D eigenvalue weighted by atomic mass is 35.5. The van der Waals surface area contributed by atoms with Gasteiger partial charge in [0.05, 0.1) is 21.7 Å². The minimum atomic E-state index is -0.815. The zero-order valence-electron chi connectivity index (χ0n) is 11.8. The molecule has 2 N–H and O–H groups in total. The fourth-order valence-corrected chi connectivity index (χ4v) is 2.53. The molecule has 120 valence electrons. The molecule has 3 amide bonds. The summed E-state index contributed by atoms with van der Waals surface area (Å²) >= 11 is 5.79. The quantitative estimate of drug-likeness (QED) is 0.503. The van der Waals surface area contributed by atoms with Crippen molar-refractivity contribution in [2.75, 3.05) is 5.32 Å². The van der Waals surface area contributed by atoms with Crippen molar-refractivity contribution >= 4 is 40.7 Å². The predicted octanol–water partition coefficient (Wildman–Crippen LogP) is 2.38. The molecule has 0 radical (unpaired) electrons. The molecule has 9 heteroatoms. The number of nitrogens with zero attached hydrogens (tertiary/aromatic N) is 1. The predicted molar refractivity (Wildman–Crippen MR) is 84.3 cm³/mol. The number of fused-ring (bicyclic) bond motifs is 1. The fraction of sp³-hybridized carbons (Fsp3) is 0. The summed E-state index contributed by atoms with van der Waals surface area (Å²) in [4.78, 5) is 46.2. The first kappa shape index (κ1) is 15.6. The van der Waals surface area contributed by atoms with Gasteiger partial charge < -0.3 is 5.32 Å². The van der Waals surface area contributed by atoms with E-state index in [1.54, 1.807) is 0 Å². The molecule has 3 rings (SSSR count). The second kappa shape index (κ2) is 5.74. The monoisotopic (exact) mass is 345 g/mol. The number of halogens is 1. The number of anilines is 1. The Hall–Kier alpha value is -3.26. The highest BCUT2D eigenvalue weighted by Gasteiger charge is 2.30. The smallest absolute Gasteiger partial charge is 0.282 e. The van der Waals surface area contributed by atoms with Gasteiger partial charge in [0.15, 0.2) is 0 Å². The van der Waals surface area contributed by atoms with Gasteiger partial charge in [-0.05, 0) is 24.3 Å². The van der Waals surface area contributed by atoms with Crippen LogP contribution in [-0.2, 0) is 0 Å². The van der Waals surface area contributed by atoms with Gasteiger partial charge in [-0.3, -0.25) is 29.8 Å². The largest absolute Gasteiger partial charge is 0.321 e. The number of imide groups is 1. The van der Waals surface area contributed by atoms with E-state index in [1.807, 2.05) is 0 Å². The lowest BCUT2D eigenvalue weighted by Gasteiger charge is -2.09. The van der Waals surface area contributed by atoms with Crippen LogP contribution in [0.2, 0.25) is 5.02 Å². The number of nitro groups is 1. The molecule has 2 aromatic rings. The van der Waals surface area contributed by atoms with Crippen molar-refractivity contribution in [1.29, 1.82) is 0 Å². The first-order chi connectivity index (χ1) is 11.4. The molecule has 1 aliphatic heterocycles. The summed E-state index contributed by atoms with van der Waals surface area (Å²) in [5.74, 6) is -2.03. The molecule has 0 unspecified atom stereocenters. The first-order valence-corrected chi connectivity index (χ1v) is 7.00. The van der Waals surface area contributed by atoms with Gasteiger partial charge in [0, 0.05) is 11.1 Å². The van der Waals surface area contributed by atoms with Crippen LogP contribution in [0.3, 0.4) is 0 Å². The molecule has 2 aromatic carbocycles. The Morgan fingerprint density at radius 1 is 1.17 bits per heavy atom. The second-order valence-electron chi connectivity index (χ2n) is 4.88. The minimum absolute atomic E-state index is 0.0144. The molecular formula is C15H8ClN3O5. The van der Waals surface area contributed by atoms with Crippen molar-refractivity contribution in [2.24, 2.45) is 0 Å². The van der Waals surface area contributed by atoms with Gasteiger partial charge in [-0.25, -0.2) is 0 Å². The van der Waals surface area contributed by atoms with Gasteiger partial charge in [0.25, 0.3) is 23.4 Å². The van der Waals surface area contributed by atoms with E-state index < -0.39 is 28.3 Å². The van der Waals surface area contributed by atoms with E-state index in [0.29, 0.717) is 0 Å². The van der Waals surface area contributed by atoms with Crippen molar-refractivity contribution < 1.29 is 19.3 Å². The number of amides is 3. The Balaban J connectivity index is 2.01. The molecule has 1 aliphatic rings. The number of nitro benzene ring substituents is 1. The van der Waals surface area contributed by atoms with Crippen LogP contribution < -0.4 is 10.6 Å². The van der Waals surface area contributed by atoms with E-state index in [-0.39, 0.29) is 27.4 Å². The normalized spacial score (nSPS) is 12.5. The maximum absolute atomic E-state index is 12.4. The molecule has 0 atom stereocenters. The number of benzene rings is 2. The molecule has 0 aliphatic carbocycles. The number of hydrogen-bond donors (Lipinski definition) is 2. The summed E-state index contributed by atoms with van der Waals surface area (Å²) in [6.45, 7) is 0. The number of hydrogen-bond acceptors (Lipinski definition) is 5. The van der Waals surface area contributed by atoms with Crippen LogP contribution in [0.5, 0.6) is 0 Å². The van der Waals surface area contributed by atoms with Gasteiger partial charge in [-0.15, -0.1) is 0 Å². The average Bonchev–Trinajstić information content (AvgIpc) is 2.82. The van der Waals surface area contributed by atoms with Gasteiger partial charge in [0.2, 0.25) is 0 Å². The van der Waals surface area contributed by atoms with Crippen LogP contribution in [0, 0.1) is 10.1 Å². The summed E-state index contributed by atoms with van der Waals surface area (Å²) in [5.41, 5.74) is -0.464. The third-order valence-electron chi connectivity index (χ3n) is 3.41. The van der Waals surface area contributed by atoms with Gasteiger partial charge in [0.1, 0.15) is 5.56 Å². The summed E-state index contributed by atoms with van der Waals surface area (Å²) < 4.78 is 0. The Kier molecular flexibility index (Phi) is 3.74. The fourth-order valence-electron chi connectivity index (χ4n) is 2.36. The molecule has 0 bridgehead atoms. The van der Waals surface area contributed by atoms with Crippen LogP contribution >= 0.6 is 11.6 Å². The van der Waals surface area contributed by atoms with Gasteiger partial charge >= 0.3 is 0 Å². The Bertz CT molecular complexity index is 925. The minimum Gasteiger partial charge on any atom is -0.321 e. The maximum Gasteiger partial charge on any atom is 0.282 e. The molecule has 0 saturated heterocycles. The zero-order valence-corrected chi connectivity index (χ0v) is 12.6. The average molecular weight is 346 g/mol. The standard InChI is InChI=1S/C15H8ClN3O5/c16-7-4-5-11(19(23)24)9(6-7)14(21)17-10-3-1-2-8-12(10)15(22)18-13(8)20/h1-6H,(H,17,21)(H,18,20,22). The van der Waals surface area contributed by atoms with E-state index in [4.69, 9.17) is 11.6 Å². The summed E-state index contributed by atoms with van der Waals surface area (Å²) in [6.07, 6.45) is 0. The molecule has 0 spiro atoms. The van der Waals surface area contributed by atoms with Gasteiger partial charge in [-0.2, -0.15) is 0 Å². The van der Waals surface area contributed by atoms with E-state index in [2.05, 4.69) is 10.6 Å². The summed E-state index contributed by atoms with van der Waals surface area (Å²) in [5, 5.41) is 15.7. The third kappa shape index (κ3) is 2.59. The Labute approximate surface area is 139 Å². The highest BCUT2D eigenvalue weighted by Crippen LogP contribution is 2.27. The lowest BCUT2D eigenvalue weighted by molar-refractivity contribution is -0.385. The maximum atomic E-state index is 12.4. The molecule has 1 heterocycles. The molecular weight excluding hydrogens is 338 g/mol. The molecule has 0 saturated carbocycles. The second-order valence-corrected chi connectivity index (χ2v) is 5.32. The summed E-state index contributed by atoms with van der Waals surface area (Å²) in [7, 11) is 0. The highest BCUT2D eigenvalue weighted by molar-refractivity contribution is 6.31. The Morgan fingerprint density at radius 3 is 2.62 bits per heavy atom. The van der Waals surface area contributed by atoms with Crippen LogP contribution in [0.15, 0.2) is 36.4 Å². The van der Waals surface area contributed by atoms with E-state index in [9.17, 15) is 24.5 Å². The van der Waals surface area contributed by atoms with Crippen molar-refractivity contribution in [2.45, 2.75) is 0 Å². The molecule has 0 aromatic heterocycles. The number of carbonyl (C=O) groups excluding carboxylic acids is 3. The molecule has 8 nitrogen and oxygen atoms in total. The number of rotatable bonds is 3. The number of carbonyl (C=O) groups is 3.